The predicted molar refractivity (Wildman–Crippen MR) is 77.5 cm³/mol. The summed E-state index contributed by atoms with van der Waals surface area (Å²) in [6.45, 7) is 2.14. The Kier molecular flexibility index (Phi) is 4.53. The molecule has 0 bridgehead atoms. The maximum absolute atomic E-state index is 5.34. The van der Waals surface area contributed by atoms with Crippen molar-refractivity contribution in [2.24, 2.45) is 0 Å². The summed E-state index contributed by atoms with van der Waals surface area (Å²) in [5.74, 6) is 0.690. The quantitative estimate of drug-likeness (QED) is 0.893. The van der Waals surface area contributed by atoms with Crippen molar-refractivity contribution < 1.29 is 4.74 Å². The van der Waals surface area contributed by atoms with Gasteiger partial charge < -0.3 is 10.1 Å². The Labute approximate surface area is 114 Å². The molecule has 0 aliphatic heterocycles. The van der Waals surface area contributed by atoms with Crippen LogP contribution in [0.2, 0.25) is 0 Å². The number of aryl methyl sites for hydroxylation is 1. The third-order valence-electron chi connectivity index (χ3n) is 3.40. The van der Waals surface area contributed by atoms with E-state index in [4.69, 9.17) is 4.74 Å². The molecule has 0 saturated heterocycles. The van der Waals surface area contributed by atoms with Gasteiger partial charge in [-0.2, -0.15) is 0 Å². The van der Waals surface area contributed by atoms with E-state index in [1.165, 1.54) is 11.1 Å². The lowest BCUT2D eigenvalue weighted by Gasteiger charge is -2.19. The molecular formula is C16H20N2O. The summed E-state index contributed by atoms with van der Waals surface area (Å²) < 4.78 is 5.34. The number of likely N-dealkylation sites (N-methyl/N-ethyl adjacent to an activating group) is 1. The molecule has 2 rings (SSSR count). The van der Waals surface area contributed by atoms with Crippen LogP contribution in [-0.4, -0.2) is 19.1 Å². The summed E-state index contributed by atoms with van der Waals surface area (Å²) in [6, 6.07) is 12.7. The summed E-state index contributed by atoms with van der Waals surface area (Å²) in [4.78, 5) is 4.27. The lowest BCUT2D eigenvalue weighted by atomic mass is 9.97. The zero-order valence-corrected chi connectivity index (χ0v) is 11.7. The van der Waals surface area contributed by atoms with Gasteiger partial charge in [0.1, 0.15) is 0 Å². The van der Waals surface area contributed by atoms with Gasteiger partial charge in [-0.1, -0.05) is 30.3 Å². The number of ether oxygens (including phenoxy) is 1. The summed E-state index contributed by atoms with van der Waals surface area (Å²) >= 11 is 0. The molecule has 1 aromatic carbocycles. The Bertz CT molecular complexity index is 540. The fourth-order valence-electron chi connectivity index (χ4n) is 2.27. The highest BCUT2D eigenvalue weighted by Crippen LogP contribution is 2.26. The number of aromatic nitrogens is 1. The Morgan fingerprint density at radius 1 is 1.21 bits per heavy atom. The number of nitrogens with zero attached hydrogens (tertiary/aromatic N) is 1. The second-order valence-corrected chi connectivity index (χ2v) is 4.57. The number of nitrogens with one attached hydrogen (secondary N) is 1. The summed E-state index contributed by atoms with van der Waals surface area (Å²) in [6.07, 6.45) is 2.67. The first kappa shape index (κ1) is 13.6. The third kappa shape index (κ3) is 3.12. The molecule has 2 aromatic rings. The van der Waals surface area contributed by atoms with Crippen LogP contribution in [0.15, 0.2) is 42.6 Å². The maximum atomic E-state index is 5.34. The van der Waals surface area contributed by atoms with Gasteiger partial charge in [0, 0.05) is 17.8 Å². The largest absolute Gasteiger partial charge is 0.481 e. The number of methoxy groups -OCH3 is 1. The first-order valence-electron chi connectivity index (χ1n) is 6.47. The van der Waals surface area contributed by atoms with Crippen molar-refractivity contribution >= 4 is 0 Å². The smallest absolute Gasteiger partial charge is 0.217 e. The van der Waals surface area contributed by atoms with E-state index in [9.17, 15) is 0 Å². The monoisotopic (exact) mass is 256 g/mol. The highest BCUT2D eigenvalue weighted by Gasteiger charge is 2.16. The molecule has 0 radical (unpaired) electrons. The van der Waals surface area contributed by atoms with Crippen LogP contribution in [0.1, 0.15) is 22.7 Å². The summed E-state index contributed by atoms with van der Waals surface area (Å²) in [7, 11) is 3.63. The van der Waals surface area contributed by atoms with Crippen LogP contribution in [0.25, 0.3) is 0 Å². The van der Waals surface area contributed by atoms with E-state index < -0.39 is 0 Å². The van der Waals surface area contributed by atoms with Gasteiger partial charge in [0.15, 0.2) is 0 Å². The standard InChI is InChI=1S/C16H20N2O/c1-12-7-4-5-8-13(12)11-15(17-2)14-9-6-10-18-16(14)19-3/h4-10,15,17H,11H2,1-3H3. The van der Waals surface area contributed by atoms with Crippen molar-refractivity contribution in [1.82, 2.24) is 10.3 Å². The topological polar surface area (TPSA) is 34.2 Å². The Morgan fingerprint density at radius 3 is 2.68 bits per heavy atom. The molecule has 1 aromatic heterocycles. The average molecular weight is 256 g/mol. The summed E-state index contributed by atoms with van der Waals surface area (Å²) in [5, 5.41) is 3.35. The van der Waals surface area contributed by atoms with E-state index in [0.717, 1.165) is 12.0 Å². The van der Waals surface area contributed by atoms with Crippen LogP contribution < -0.4 is 10.1 Å². The average Bonchev–Trinajstić information content (AvgIpc) is 2.46. The molecule has 19 heavy (non-hydrogen) atoms. The van der Waals surface area contributed by atoms with Crippen LogP contribution in [0, 0.1) is 6.92 Å². The Hall–Kier alpha value is -1.87. The van der Waals surface area contributed by atoms with Crippen LogP contribution in [0.4, 0.5) is 0 Å². The van der Waals surface area contributed by atoms with Crippen molar-refractivity contribution in [2.45, 2.75) is 19.4 Å². The van der Waals surface area contributed by atoms with Crippen molar-refractivity contribution in [1.29, 1.82) is 0 Å². The minimum Gasteiger partial charge on any atom is -0.481 e. The zero-order valence-electron chi connectivity index (χ0n) is 11.7. The maximum Gasteiger partial charge on any atom is 0.217 e. The van der Waals surface area contributed by atoms with Crippen LogP contribution >= 0.6 is 0 Å². The molecule has 100 valence electrons. The van der Waals surface area contributed by atoms with Crippen molar-refractivity contribution in [3.8, 4) is 5.88 Å². The molecule has 0 spiro atoms. The Balaban J connectivity index is 2.28. The van der Waals surface area contributed by atoms with Gasteiger partial charge >= 0.3 is 0 Å². The molecule has 1 atom stereocenters. The molecule has 1 N–H and O–H groups in total. The lowest BCUT2D eigenvalue weighted by Crippen LogP contribution is -2.20. The van der Waals surface area contributed by atoms with Crippen LogP contribution in [-0.2, 0) is 6.42 Å². The van der Waals surface area contributed by atoms with Crippen molar-refractivity contribution in [3.63, 3.8) is 0 Å². The highest BCUT2D eigenvalue weighted by molar-refractivity contribution is 5.33. The first-order valence-corrected chi connectivity index (χ1v) is 6.47. The molecule has 1 heterocycles. The van der Waals surface area contributed by atoms with Crippen LogP contribution in [0.5, 0.6) is 5.88 Å². The molecule has 0 saturated carbocycles. The Morgan fingerprint density at radius 2 is 2.00 bits per heavy atom. The molecule has 0 fully saturated rings. The van der Waals surface area contributed by atoms with Gasteiger partial charge in [-0.25, -0.2) is 4.98 Å². The summed E-state index contributed by atoms with van der Waals surface area (Å²) in [5.41, 5.74) is 3.74. The normalized spacial score (nSPS) is 12.2. The fourth-order valence-corrected chi connectivity index (χ4v) is 2.27. The van der Waals surface area contributed by atoms with E-state index >= 15 is 0 Å². The molecular weight excluding hydrogens is 236 g/mol. The zero-order chi connectivity index (χ0) is 13.7. The van der Waals surface area contributed by atoms with Gasteiger partial charge in [-0.3, -0.25) is 0 Å². The van der Waals surface area contributed by atoms with Crippen LogP contribution in [0.3, 0.4) is 0 Å². The van der Waals surface area contributed by atoms with Gasteiger partial charge in [0.05, 0.1) is 7.11 Å². The number of rotatable bonds is 5. The van der Waals surface area contributed by atoms with E-state index in [2.05, 4.69) is 47.6 Å². The molecule has 3 heteroatoms. The van der Waals surface area contributed by atoms with Gasteiger partial charge in [0.25, 0.3) is 0 Å². The van der Waals surface area contributed by atoms with E-state index in [1.54, 1.807) is 13.3 Å². The van der Waals surface area contributed by atoms with E-state index in [1.807, 2.05) is 13.1 Å². The number of hydrogen-bond donors (Lipinski definition) is 1. The molecule has 0 aliphatic carbocycles. The van der Waals surface area contributed by atoms with Crippen molar-refractivity contribution in [3.05, 3.63) is 59.3 Å². The van der Waals surface area contributed by atoms with E-state index in [0.29, 0.717) is 5.88 Å². The highest BCUT2D eigenvalue weighted by atomic mass is 16.5. The van der Waals surface area contributed by atoms with Gasteiger partial charge in [0.2, 0.25) is 5.88 Å². The second-order valence-electron chi connectivity index (χ2n) is 4.57. The SMILES string of the molecule is CNC(Cc1ccccc1C)c1cccnc1OC. The molecule has 0 aliphatic rings. The number of pyridine rings is 1. The minimum atomic E-state index is 0.199. The van der Waals surface area contributed by atoms with E-state index in [-0.39, 0.29) is 6.04 Å². The molecule has 3 nitrogen and oxygen atoms in total. The number of benzene rings is 1. The fraction of sp³-hybridized carbons (Fsp3) is 0.312. The number of hydrogen-bond acceptors (Lipinski definition) is 3. The van der Waals surface area contributed by atoms with Gasteiger partial charge in [-0.05, 0) is 37.6 Å². The minimum absolute atomic E-state index is 0.199. The molecule has 1 unspecified atom stereocenters. The van der Waals surface area contributed by atoms with Gasteiger partial charge in [-0.15, -0.1) is 0 Å². The lowest BCUT2D eigenvalue weighted by molar-refractivity contribution is 0.384. The second kappa shape index (κ2) is 6.34. The molecule has 0 amide bonds. The van der Waals surface area contributed by atoms with Crippen molar-refractivity contribution in [2.75, 3.05) is 14.2 Å². The predicted octanol–water partition coefficient (Wildman–Crippen LogP) is 2.90. The third-order valence-corrected chi connectivity index (χ3v) is 3.40. The first-order chi connectivity index (χ1) is 9.26.